The Kier molecular flexibility index (Phi) is 21.0. The van der Waals surface area contributed by atoms with E-state index in [1.807, 2.05) is 27.7 Å². The molecule has 0 radical (unpaired) electrons. The summed E-state index contributed by atoms with van der Waals surface area (Å²) in [5.41, 5.74) is 11.7. The fourth-order valence-electron chi connectivity index (χ4n) is 9.70. The van der Waals surface area contributed by atoms with Gasteiger partial charge in [-0.2, -0.15) is 0 Å². The summed E-state index contributed by atoms with van der Waals surface area (Å²) in [5, 5.41) is 17.9. The fourth-order valence-corrected chi connectivity index (χ4v) is 10.9. The first-order valence-electron chi connectivity index (χ1n) is 26.6. The van der Waals surface area contributed by atoms with Crippen molar-refractivity contribution in [1.82, 2.24) is 34.4 Å². The average Bonchev–Trinajstić information content (AvgIpc) is 4.09. The number of hydrogen-bond acceptors (Lipinski definition) is 14. The van der Waals surface area contributed by atoms with E-state index in [0.29, 0.717) is 24.8 Å². The molecular weight excluding hydrogens is 1000 g/mol. The maximum absolute atomic E-state index is 16.4. The van der Waals surface area contributed by atoms with Crippen molar-refractivity contribution in [1.29, 1.82) is 0 Å². The molecule has 0 bridgehead atoms. The molecule has 5 rings (SSSR count). The molecule has 7 N–H and O–H groups in total. The van der Waals surface area contributed by atoms with Gasteiger partial charge in [0.15, 0.2) is 11.6 Å². The lowest BCUT2D eigenvalue weighted by molar-refractivity contribution is -0.156. The van der Waals surface area contributed by atoms with Crippen LogP contribution < -0.4 is 22.1 Å². The minimum absolute atomic E-state index is 0.00848. The zero-order valence-corrected chi connectivity index (χ0v) is 47.3. The van der Waals surface area contributed by atoms with Crippen LogP contribution in [-0.4, -0.2) is 128 Å². The summed E-state index contributed by atoms with van der Waals surface area (Å²) in [6.07, 6.45) is 2.01. The van der Waals surface area contributed by atoms with Gasteiger partial charge in [-0.25, -0.2) is 22.2 Å². The SMILES string of the molecule is CC[C@H](C)[C@H](N)C(=O)C(NC(=O)[C@](C[C@H](O)[C@@H](N)CC(C)C)(C(=O)[C@H](Cc1cn(S(=O)(=O)c2ccc(C)cc2)cn1)N(C)C(=O)[C@H](Cc1ccccc1)NC(=O)[C@@H]1CCCN1C(=O)OC(C)(C)C)C(C)C)c1ccccn1. The lowest BCUT2D eigenvalue weighted by atomic mass is 9.65. The van der Waals surface area contributed by atoms with Crippen LogP contribution in [0.2, 0.25) is 0 Å². The van der Waals surface area contributed by atoms with E-state index in [4.69, 9.17) is 16.2 Å². The third-order valence-corrected chi connectivity index (χ3v) is 16.2. The normalized spacial score (nSPS) is 17.6. The van der Waals surface area contributed by atoms with Gasteiger partial charge in [-0.3, -0.25) is 33.9 Å². The van der Waals surface area contributed by atoms with Crippen LogP contribution in [0.25, 0.3) is 0 Å². The molecule has 4 amide bonds. The van der Waals surface area contributed by atoms with E-state index < -0.39 is 118 Å². The number of rotatable bonds is 25. The number of ketones is 2. The minimum Gasteiger partial charge on any atom is -0.444 e. The van der Waals surface area contributed by atoms with Crippen LogP contribution in [0, 0.1) is 30.1 Å². The van der Waals surface area contributed by atoms with Gasteiger partial charge in [0.25, 0.3) is 10.0 Å². The number of hydrogen-bond donors (Lipinski definition) is 5. The van der Waals surface area contributed by atoms with E-state index >= 15 is 14.4 Å². The number of pyridine rings is 1. The third-order valence-electron chi connectivity index (χ3n) is 14.5. The molecule has 77 heavy (non-hydrogen) atoms. The van der Waals surface area contributed by atoms with Crippen LogP contribution in [0.1, 0.15) is 123 Å². The molecule has 19 nitrogen and oxygen atoms in total. The van der Waals surface area contributed by atoms with Crippen molar-refractivity contribution in [2.45, 2.75) is 167 Å². The third kappa shape index (κ3) is 15.2. The summed E-state index contributed by atoms with van der Waals surface area (Å²) in [7, 11) is -2.89. The second-order valence-corrected chi connectivity index (χ2v) is 24.1. The maximum atomic E-state index is 16.4. The van der Waals surface area contributed by atoms with Crippen LogP contribution in [0.15, 0.2) is 96.4 Å². The van der Waals surface area contributed by atoms with E-state index in [1.165, 1.54) is 36.5 Å². The van der Waals surface area contributed by atoms with Crippen molar-refractivity contribution in [2.75, 3.05) is 13.6 Å². The largest absolute Gasteiger partial charge is 0.444 e. The standard InChI is InChI=1S/C57H81N9O10S/c1-12-38(7)48(59)50(68)49(43-21-16-17-27-60-43)63-54(72)57(36(4)5,32-47(67)42(58)29-35(2)3)51(69)46(31-40-33-65(34-61-40)77(74,75)41-25-23-37(6)24-26-41)64(11)53(71)44(30-39-19-14-13-15-20-39)62-52(70)45-22-18-28-66(45)55(73)76-56(8,9)10/h13-17,19-21,23-27,33-36,38,42,44-49,67H,12,18,22,28-32,58-59H2,1-11H3,(H,62,70)(H,63,72)/t38-,42-,44-,45-,46-,47-,48-,49?,57-/m0/s1. The highest BCUT2D eigenvalue weighted by Gasteiger charge is 2.55. The summed E-state index contributed by atoms with van der Waals surface area (Å²) < 4.78 is 34.5. The average molecular weight is 1080 g/mol. The Morgan fingerprint density at radius 3 is 2.13 bits per heavy atom. The summed E-state index contributed by atoms with van der Waals surface area (Å²) in [4.78, 5) is 101. The van der Waals surface area contributed by atoms with Crippen LogP contribution >= 0.6 is 0 Å². The number of Topliss-reactive ketones (excluding diaryl/α,β-unsaturated/α-hetero) is 2. The number of aryl methyl sites for hydroxylation is 1. The molecule has 0 saturated carbocycles. The van der Waals surface area contributed by atoms with Gasteiger partial charge in [0.2, 0.25) is 17.7 Å². The Labute approximate surface area is 454 Å². The molecule has 1 aliphatic heterocycles. The molecule has 2 aromatic heterocycles. The maximum Gasteiger partial charge on any atom is 0.410 e. The Bertz CT molecular complexity index is 2770. The highest BCUT2D eigenvalue weighted by molar-refractivity contribution is 7.90. The molecule has 420 valence electrons. The number of amides is 4. The molecular formula is C57H81N9O10S. The molecule has 0 spiro atoms. The first kappa shape index (κ1) is 61.5. The Balaban J connectivity index is 1.70. The molecule has 2 aromatic carbocycles. The summed E-state index contributed by atoms with van der Waals surface area (Å²) in [5.74, 6) is -5.20. The molecule has 9 atom stereocenters. The first-order valence-corrected chi connectivity index (χ1v) is 28.0. The lowest BCUT2D eigenvalue weighted by Gasteiger charge is -2.42. The van der Waals surface area contributed by atoms with Crippen molar-refractivity contribution < 1.29 is 47.0 Å². The quantitative estimate of drug-likeness (QED) is 0.0516. The number of carbonyl (C=O) groups excluding carboxylic acids is 6. The topological polar surface area (TPSA) is 279 Å². The number of benzene rings is 2. The highest BCUT2D eigenvalue weighted by Crippen LogP contribution is 2.40. The number of nitrogens with zero attached hydrogens (tertiary/aromatic N) is 5. The number of likely N-dealkylation sites (tertiary alicyclic amines) is 1. The minimum atomic E-state index is -4.23. The van der Waals surface area contributed by atoms with Crippen LogP contribution in [0.4, 0.5) is 4.79 Å². The number of nitrogens with one attached hydrogen (secondary N) is 2. The molecule has 3 heterocycles. The molecule has 1 fully saturated rings. The van der Waals surface area contributed by atoms with Crippen molar-refractivity contribution in [3.05, 3.63) is 114 Å². The number of likely N-dealkylation sites (N-methyl/N-ethyl adjacent to an activating group) is 1. The number of carbonyl (C=O) groups is 6. The van der Waals surface area contributed by atoms with E-state index in [-0.39, 0.29) is 47.5 Å². The second-order valence-electron chi connectivity index (χ2n) is 22.3. The van der Waals surface area contributed by atoms with Gasteiger partial charge in [-0.15, -0.1) is 0 Å². The first-order chi connectivity index (χ1) is 36.1. The van der Waals surface area contributed by atoms with Crippen molar-refractivity contribution in [3.8, 4) is 0 Å². The number of aliphatic hydroxyl groups excluding tert-OH is 1. The predicted molar refractivity (Wildman–Crippen MR) is 292 cm³/mol. The number of nitrogens with two attached hydrogens (primary N) is 2. The van der Waals surface area contributed by atoms with E-state index in [9.17, 15) is 27.9 Å². The molecule has 1 aliphatic rings. The van der Waals surface area contributed by atoms with Crippen LogP contribution in [-0.2, 0) is 51.6 Å². The van der Waals surface area contributed by atoms with Gasteiger partial charge in [0, 0.05) is 44.9 Å². The van der Waals surface area contributed by atoms with E-state index in [1.54, 1.807) is 102 Å². The van der Waals surface area contributed by atoms with E-state index in [2.05, 4.69) is 20.6 Å². The molecule has 1 unspecified atom stereocenters. The predicted octanol–water partition coefficient (Wildman–Crippen LogP) is 5.46. The second kappa shape index (κ2) is 26.3. The summed E-state index contributed by atoms with van der Waals surface area (Å²) in [6, 6.07) is 12.3. The monoisotopic (exact) mass is 1080 g/mol. The molecule has 1 saturated heterocycles. The van der Waals surface area contributed by atoms with E-state index in [0.717, 1.165) is 20.8 Å². The zero-order valence-electron chi connectivity index (χ0n) is 46.5. The van der Waals surface area contributed by atoms with Gasteiger partial charge in [0.1, 0.15) is 35.5 Å². The smallest absolute Gasteiger partial charge is 0.410 e. The number of aliphatic hydroxyl groups is 1. The van der Waals surface area contributed by atoms with Crippen LogP contribution in [0.5, 0.6) is 0 Å². The van der Waals surface area contributed by atoms with Crippen molar-refractivity contribution in [2.24, 2.45) is 34.6 Å². The van der Waals surface area contributed by atoms with Gasteiger partial charge in [-0.05, 0) is 101 Å². The highest BCUT2D eigenvalue weighted by atomic mass is 32.2. The number of imidazole rings is 1. The van der Waals surface area contributed by atoms with Crippen LogP contribution in [0.3, 0.4) is 0 Å². The molecule has 0 aliphatic carbocycles. The molecule has 20 heteroatoms. The Morgan fingerprint density at radius 2 is 1.55 bits per heavy atom. The zero-order chi connectivity index (χ0) is 57.2. The van der Waals surface area contributed by atoms with Crippen molar-refractivity contribution in [3.63, 3.8) is 0 Å². The summed E-state index contributed by atoms with van der Waals surface area (Å²) >= 11 is 0. The number of aromatic nitrogens is 3. The van der Waals surface area contributed by atoms with Gasteiger partial charge in [0.05, 0.1) is 34.5 Å². The van der Waals surface area contributed by atoms with Gasteiger partial charge < -0.3 is 36.8 Å². The fraction of sp³-hybridized carbons (Fsp3) is 0.544. The summed E-state index contributed by atoms with van der Waals surface area (Å²) in [6.45, 7) is 17.9. The van der Waals surface area contributed by atoms with Crippen molar-refractivity contribution >= 4 is 45.4 Å². The van der Waals surface area contributed by atoms with Gasteiger partial charge >= 0.3 is 6.09 Å². The number of ether oxygens (including phenoxy) is 1. The molecule has 4 aromatic rings. The Hall–Kier alpha value is -6.35. The van der Waals surface area contributed by atoms with Gasteiger partial charge in [-0.1, -0.05) is 102 Å². The Morgan fingerprint density at radius 1 is 0.896 bits per heavy atom. The lowest BCUT2D eigenvalue weighted by Crippen LogP contribution is -2.62.